The van der Waals surface area contributed by atoms with Crippen LogP contribution in [0, 0.1) is 6.92 Å². The summed E-state index contributed by atoms with van der Waals surface area (Å²) in [5.74, 6) is -0.369. The lowest BCUT2D eigenvalue weighted by Gasteiger charge is -2.25. The number of carbonyl (C=O) groups is 1. The SMILES string of the molecule is Cc1ccc(S(=O)(=O)N(CC(=O)N(C)C)c2cc(Cl)cc(Cl)c2)cc1. The number of carbonyl (C=O) groups excluding carboxylic acids is 1. The van der Waals surface area contributed by atoms with Gasteiger partial charge in [0.25, 0.3) is 10.0 Å². The van der Waals surface area contributed by atoms with Crippen LogP contribution in [0.5, 0.6) is 0 Å². The Morgan fingerprint density at radius 3 is 2.00 bits per heavy atom. The van der Waals surface area contributed by atoms with Crippen molar-refractivity contribution in [3.63, 3.8) is 0 Å². The molecule has 0 aliphatic heterocycles. The van der Waals surface area contributed by atoms with Crippen LogP contribution in [0.2, 0.25) is 10.0 Å². The molecule has 0 unspecified atom stereocenters. The number of anilines is 1. The van der Waals surface area contributed by atoms with Gasteiger partial charge < -0.3 is 4.90 Å². The Bertz CT molecular complexity index is 861. The highest BCUT2D eigenvalue weighted by Gasteiger charge is 2.28. The number of sulfonamides is 1. The molecular weight excluding hydrogens is 383 g/mol. The van der Waals surface area contributed by atoms with E-state index in [4.69, 9.17) is 23.2 Å². The smallest absolute Gasteiger partial charge is 0.264 e. The van der Waals surface area contributed by atoms with Crippen molar-refractivity contribution in [1.29, 1.82) is 0 Å². The van der Waals surface area contributed by atoms with E-state index >= 15 is 0 Å². The quantitative estimate of drug-likeness (QED) is 0.770. The predicted molar refractivity (Wildman–Crippen MR) is 101 cm³/mol. The minimum atomic E-state index is -3.96. The molecule has 0 atom stereocenters. The standard InChI is InChI=1S/C17H18Cl2N2O3S/c1-12-4-6-16(7-5-12)25(23,24)21(11-17(22)20(2)3)15-9-13(18)8-14(19)10-15/h4-10H,11H2,1-3H3. The summed E-state index contributed by atoms with van der Waals surface area (Å²) in [6, 6.07) is 10.8. The lowest BCUT2D eigenvalue weighted by Crippen LogP contribution is -2.40. The number of likely N-dealkylation sites (N-methyl/N-ethyl adjacent to an activating group) is 1. The van der Waals surface area contributed by atoms with Crippen LogP contribution in [0.4, 0.5) is 5.69 Å². The third-order valence-electron chi connectivity index (χ3n) is 3.52. The van der Waals surface area contributed by atoms with Crippen LogP contribution in [0.25, 0.3) is 0 Å². The maximum atomic E-state index is 13.1. The van der Waals surface area contributed by atoms with E-state index in [2.05, 4.69) is 0 Å². The van der Waals surface area contributed by atoms with Crippen molar-refractivity contribution < 1.29 is 13.2 Å². The fourth-order valence-electron chi connectivity index (χ4n) is 2.10. The number of aryl methyl sites for hydroxylation is 1. The third kappa shape index (κ3) is 4.66. The molecule has 0 N–H and O–H groups in total. The minimum absolute atomic E-state index is 0.0840. The second-order valence-electron chi connectivity index (χ2n) is 5.74. The molecule has 1 amide bonds. The summed E-state index contributed by atoms with van der Waals surface area (Å²) in [5.41, 5.74) is 1.16. The molecule has 0 aromatic heterocycles. The molecule has 2 aromatic carbocycles. The maximum absolute atomic E-state index is 13.1. The first-order valence-corrected chi connectivity index (χ1v) is 9.56. The van der Waals surface area contributed by atoms with Gasteiger partial charge in [-0.05, 0) is 37.3 Å². The van der Waals surface area contributed by atoms with Crippen LogP contribution >= 0.6 is 23.2 Å². The molecule has 134 valence electrons. The summed E-state index contributed by atoms with van der Waals surface area (Å²) in [6.45, 7) is 1.50. The fourth-order valence-corrected chi connectivity index (χ4v) is 4.01. The Kier molecular flexibility index (Phi) is 5.98. The van der Waals surface area contributed by atoms with E-state index in [0.29, 0.717) is 0 Å². The van der Waals surface area contributed by atoms with Crippen molar-refractivity contribution in [3.8, 4) is 0 Å². The highest BCUT2D eigenvalue weighted by atomic mass is 35.5. The number of hydrogen-bond acceptors (Lipinski definition) is 3. The molecule has 0 aliphatic rings. The largest absolute Gasteiger partial charge is 0.347 e. The van der Waals surface area contributed by atoms with Crippen LogP contribution in [0.15, 0.2) is 47.4 Å². The number of halogens is 2. The third-order valence-corrected chi connectivity index (χ3v) is 5.75. The van der Waals surface area contributed by atoms with Gasteiger partial charge in [0, 0.05) is 24.1 Å². The van der Waals surface area contributed by atoms with Crippen molar-refractivity contribution in [2.45, 2.75) is 11.8 Å². The molecule has 0 aliphatic carbocycles. The Morgan fingerprint density at radius 2 is 1.52 bits per heavy atom. The molecule has 0 spiro atoms. The molecule has 8 heteroatoms. The van der Waals surface area contributed by atoms with Gasteiger partial charge in [-0.15, -0.1) is 0 Å². The number of rotatable bonds is 5. The zero-order valence-electron chi connectivity index (χ0n) is 14.0. The highest BCUT2D eigenvalue weighted by Crippen LogP contribution is 2.29. The van der Waals surface area contributed by atoms with Gasteiger partial charge in [0.1, 0.15) is 6.54 Å². The van der Waals surface area contributed by atoms with Crippen molar-refractivity contribution >= 4 is 44.8 Å². The Hall–Kier alpha value is -1.76. The summed E-state index contributed by atoms with van der Waals surface area (Å²) in [7, 11) is -0.845. The van der Waals surface area contributed by atoms with E-state index < -0.39 is 10.0 Å². The van der Waals surface area contributed by atoms with E-state index in [1.807, 2.05) is 6.92 Å². The van der Waals surface area contributed by atoms with Crippen molar-refractivity contribution in [2.75, 3.05) is 24.9 Å². The number of benzene rings is 2. The van der Waals surface area contributed by atoms with Gasteiger partial charge in [0.05, 0.1) is 10.6 Å². The predicted octanol–water partition coefficient (Wildman–Crippen LogP) is 3.59. The molecule has 2 rings (SSSR count). The van der Waals surface area contributed by atoms with Gasteiger partial charge >= 0.3 is 0 Å². The van der Waals surface area contributed by atoms with E-state index in [-0.39, 0.29) is 33.1 Å². The first-order chi connectivity index (χ1) is 11.6. The Labute approximate surface area is 157 Å². The summed E-state index contributed by atoms with van der Waals surface area (Å²) >= 11 is 12.0. The molecule has 0 fully saturated rings. The Morgan fingerprint density at radius 1 is 1.00 bits per heavy atom. The summed E-state index contributed by atoms with van der Waals surface area (Å²) in [6.07, 6.45) is 0. The molecule has 0 saturated carbocycles. The van der Waals surface area contributed by atoms with E-state index in [0.717, 1.165) is 9.87 Å². The van der Waals surface area contributed by atoms with Gasteiger partial charge in [-0.2, -0.15) is 0 Å². The van der Waals surface area contributed by atoms with Crippen molar-refractivity contribution in [2.24, 2.45) is 0 Å². The number of nitrogens with zero attached hydrogens (tertiary/aromatic N) is 2. The maximum Gasteiger partial charge on any atom is 0.264 e. The van der Waals surface area contributed by atoms with E-state index in [9.17, 15) is 13.2 Å². The second-order valence-corrected chi connectivity index (χ2v) is 8.48. The summed E-state index contributed by atoms with van der Waals surface area (Å²) < 4.78 is 27.2. The van der Waals surface area contributed by atoms with Gasteiger partial charge in [-0.1, -0.05) is 40.9 Å². The number of hydrogen-bond donors (Lipinski definition) is 0. The molecule has 0 bridgehead atoms. The van der Waals surface area contributed by atoms with Crippen LogP contribution in [0.3, 0.4) is 0 Å². The average molecular weight is 401 g/mol. The van der Waals surface area contributed by atoms with Crippen LogP contribution < -0.4 is 4.31 Å². The van der Waals surface area contributed by atoms with Gasteiger partial charge in [-0.25, -0.2) is 8.42 Å². The zero-order chi connectivity index (χ0) is 18.8. The fraction of sp³-hybridized carbons (Fsp3) is 0.235. The first-order valence-electron chi connectivity index (χ1n) is 7.37. The van der Waals surface area contributed by atoms with Crippen molar-refractivity contribution in [1.82, 2.24) is 4.90 Å². The molecule has 0 heterocycles. The summed E-state index contributed by atoms with van der Waals surface area (Å²) in [4.78, 5) is 13.6. The normalized spacial score (nSPS) is 11.2. The van der Waals surface area contributed by atoms with E-state index in [1.165, 1.54) is 35.2 Å². The molecule has 0 radical (unpaired) electrons. The lowest BCUT2D eigenvalue weighted by atomic mass is 10.2. The Balaban J connectivity index is 2.57. The molecule has 5 nitrogen and oxygen atoms in total. The van der Waals surface area contributed by atoms with Gasteiger partial charge in [0.15, 0.2) is 0 Å². The molecular formula is C17H18Cl2N2O3S. The molecule has 0 saturated heterocycles. The van der Waals surface area contributed by atoms with E-state index in [1.54, 1.807) is 26.2 Å². The highest BCUT2D eigenvalue weighted by molar-refractivity contribution is 7.92. The monoisotopic (exact) mass is 400 g/mol. The van der Waals surface area contributed by atoms with Gasteiger partial charge in [-0.3, -0.25) is 9.10 Å². The van der Waals surface area contributed by atoms with Gasteiger partial charge in [0.2, 0.25) is 5.91 Å². The molecule has 2 aromatic rings. The average Bonchev–Trinajstić information content (AvgIpc) is 2.51. The zero-order valence-corrected chi connectivity index (χ0v) is 16.4. The molecule has 25 heavy (non-hydrogen) atoms. The van der Waals surface area contributed by atoms with Crippen LogP contribution in [-0.4, -0.2) is 39.9 Å². The number of amides is 1. The van der Waals surface area contributed by atoms with Crippen molar-refractivity contribution in [3.05, 3.63) is 58.1 Å². The lowest BCUT2D eigenvalue weighted by molar-refractivity contribution is -0.127. The minimum Gasteiger partial charge on any atom is -0.347 e. The van der Waals surface area contributed by atoms with Crippen LogP contribution in [0.1, 0.15) is 5.56 Å². The first kappa shape index (κ1) is 19.6. The summed E-state index contributed by atoms with van der Waals surface area (Å²) in [5, 5.41) is 0.563. The topological polar surface area (TPSA) is 57.7 Å². The second kappa shape index (κ2) is 7.64. The van der Waals surface area contributed by atoms with Crippen LogP contribution in [-0.2, 0) is 14.8 Å².